The summed E-state index contributed by atoms with van der Waals surface area (Å²) < 4.78 is 5.91. The van der Waals surface area contributed by atoms with Gasteiger partial charge in [0, 0.05) is 9.37 Å². The van der Waals surface area contributed by atoms with Crippen molar-refractivity contribution in [3.8, 4) is 0 Å². The molecule has 1 aromatic heterocycles. The fourth-order valence-electron chi connectivity index (χ4n) is 1.19. The van der Waals surface area contributed by atoms with Crippen LogP contribution in [0.15, 0.2) is 56.6 Å². The molecule has 0 amide bonds. The van der Waals surface area contributed by atoms with Gasteiger partial charge < -0.3 is 4.42 Å². The molecule has 1 aromatic carbocycles. The molecular weight excluding hydrogens is 288 g/mol. The third-order valence-corrected chi connectivity index (χ3v) is 3.57. The molecule has 82 valence electrons. The van der Waals surface area contributed by atoms with Crippen molar-refractivity contribution in [2.24, 2.45) is 0 Å². The summed E-state index contributed by atoms with van der Waals surface area (Å²) in [7, 11) is 0. The van der Waals surface area contributed by atoms with Gasteiger partial charge >= 0.3 is 0 Å². The molecular formula is C12H9BrO2S. The number of halogens is 1. The van der Waals surface area contributed by atoms with Crippen molar-refractivity contribution in [3.05, 3.63) is 52.9 Å². The van der Waals surface area contributed by atoms with Gasteiger partial charge in [-0.15, -0.1) is 11.8 Å². The topological polar surface area (TPSA) is 30.2 Å². The van der Waals surface area contributed by atoms with Crippen molar-refractivity contribution in [2.75, 3.05) is 5.75 Å². The van der Waals surface area contributed by atoms with Crippen LogP contribution in [0.3, 0.4) is 0 Å². The van der Waals surface area contributed by atoms with Gasteiger partial charge in [-0.05, 0) is 30.3 Å². The zero-order chi connectivity index (χ0) is 11.4. The molecule has 0 fully saturated rings. The van der Waals surface area contributed by atoms with E-state index < -0.39 is 0 Å². The van der Waals surface area contributed by atoms with E-state index in [1.165, 1.54) is 24.3 Å². The molecule has 4 heteroatoms. The van der Waals surface area contributed by atoms with Crippen LogP contribution >= 0.6 is 27.7 Å². The van der Waals surface area contributed by atoms with E-state index in [1.807, 2.05) is 24.3 Å². The lowest BCUT2D eigenvalue weighted by Crippen LogP contribution is -1.99. The van der Waals surface area contributed by atoms with E-state index in [0.717, 1.165) is 9.37 Å². The second-order valence-electron chi connectivity index (χ2n) is 3.18. The number of carbonyl (C=O) groups excluding carboxylic acids is 1. The number of Topliss-reactive ketones (excluding diaryl/α,β-unsaturated/α-hetero) is 1. The highest BCUT2D eigenvalue weighted by atomic mass is 79.9. The van der Waals surface area contributed by atoms with E-state index in [2.05, 4.69) is 15.9 Å². The Morgan fingerprint density at radius 3 is 2.62 bits per heavy atom. The Labute approximate surface area is 106 Å². The summed E-state index contributed by atoms with van der Waals surface area (Å²) >= 11 is 4.89. The maximum atomic E-state index is 11.7. The first kappa shape index (κ1) is 11.5. The van der Waals surface area contributed by atoms with E-state index >= 15 is 0 Å². The van der Waals surface area contributed by atoms with Gasteiger partial charge in [-0.2, -0.15) is 0 Å². The van der Waals surface area contributed by atoms with Gasteiger partial charge in [0.1, 0.15) is 6.26 Å². The highest BCUT2D eigenvalue weighted by molar-refractivity contribution is 9.10. The number of carbonyl (C=O) groups is 1. The maximum Gasteiger partial charge on any atom is 0.176 e. The quantitative estimate of drug-likeness (QED) is 0.631. The zero-order valence-electron chi connectivity index (χ0n) is 8.35. The zero-order valence-corrected chi connectivity index (χ0v) is 10.8. The number of hydrogen-bond donors (Lipinski definition) is 0. The van der Waals surface area contributed by atoms with Crippen LogP contribution in [-0.2, 0) is 0 Å². The van der Waals surface area contributed by atoms with Crippen LogP contribution < -0.4 is 0 Å². The first-order valence-corrected chi connectivity index (χ1v) is 6.47. The molecule has 2 rings (SSSR count). The molecule has 0 aliphatic heterocycles. The minimum atomic E-state index is 0.0849. The average molecular weight is 297 g/mol. The summed E-state index contributed by atoms with van der Waals surface area (Å²) in [5, 5.41) is 0. The number of furan rings is 1. The van der Waals surface area contributed by atoms with Gasteiger partial charge in [-0.3, -0.25) is 4.79 Å². The third-order valence-electron chi connectivity index (χ3n) is 2.03. The Kier molecular flexibility index (Phi) is 3.85. The van der Waals surface area contributed by atoms with E-state index in [9.17, 15) is 4.79 Å². The molecule has 2 nitrogen and oxygen atoms in total. The van der Waals surface area contributed by atoms with Gasteiger partial charge in [0.25, 0.3) is 0 Å². The van der Waals surface area contributed by atoms with Crippen LogP contribution in [-0.4, -0.2) is 11.5 Å². The molecule has 0 aliphatic carbocycles. The van der Waals surface area contributed by atoms with E-state index in [0.29, 0.717) is 11.3 Å². The summed E-state index contributed by atoms with van der Waals surface area (Å²) in [5.41, 5.74) is 0.629. The Hall–Kier alpha value is -1.00. The van der Waals surface area contributed by atoms with Crippen molar-refractivity contribution < 1.29 is 9.21 Å². The predicted molar refractivity (Wildman–Crippen MR) is 67.9 cm³/mol. The summed E-state index contributed by atoms with van der Waals surface area (Å²) in [6.45, 7) is 0. The van der Waals surface area contributed by atoms with E-state index in [-0.39, 0.29) is 5.78 Å². The molecule has 16 heavy (non-hydrogen) atoms. The molecule has 0 N–H and O–H groups in total. The molecule has 0 spiro atoms. The summed E-state index contributed by atoms with van der Waals surface area (Å²) in [4.78, 5) is 12.7. The second-order valence-corrected chi connectivity index (χ2v) is 5.14. The Morgan fingerprint density at radius 1 is 1.25 bits per heavy atom. The first-order chi connectivity index (χ1) is 7.75. The first-order valence-electron chi connectivity index (χ1n) is 4.69. The lowest BCUT2D eigenvalue weighted by molar-refractivity contribution is 0.102. The molecule has 0 atom stereocenters. The lowest BCUT2D eigenvalue weighted by Gasteiger charge is -1.99. The van der Waals surface area contributed by atoms with Crippen LogP contribution in [0, 0.1) is 0 Å². The lowest BCUT2D eigenvalue weighted by atomic mass is 10.2. The van der Waals surface area contributed by atoms with Crippen LogP contribution in [0.25, 0.3) is 0 Å². The second kappa shape index (κ2) is 5.37. The Bertz CT molecular complexity index is 462. The molecule has 0 radical (unpaired) electrons. The number of ketones is 1. The summed E-state index contributed by atoms with van der Waals surface area (Å²) in [5.74, 6) is 0.517. The van der Waals surface area contributed by atoms with Crippen LogP contribution in [0.1, 0.15) is 10.4 Å². The standard InChI is InChI=1S/C12H9BrO2S/c13-10-1-3-11(4-2-10)16-8-12(14)9-5-6-15-7-9/h1-7H,8H2. The molecule has 0 unspecified atom stereocenters. The molecule has 2 aromatic rings. The normalized spacial score (nSPS) is 10.3. The minimum absolute atomic E-state index is 0.0849. The van der Waals surface area contributed by atoms with Gasteiger partial charge in [-0.25, -0.2) is 0 Å². The van der Waals surface area contributed by atoms with Gasteiger partial charge in [-0.1, -0.05) is 15.9 Å². The van der Waals surface area contributed by atoms with E-state index in [1.54, 1.807) is 6.07 Å². The van der Waals surface area contributed by atoms with Crippen molar-refractivity contribution in [2.45, 2.75) is 4.90 Å². The van der Waals surface area contributed by atoms with Crippen LogP contribution in [0.5, 0.6) is 0 Å². The van der Waals surface area contributed by atoms with Crippen molar-refractivity contribution >= 4 is 33.5 Å². The monoisotopic (exact) mass is 296 g/mol. The number of rotatable bonds is 4. The fourth-order valence-corrected chi connectivity index (χ4v) is 2.24. The minimum Gasteiger partial charge on any atom is -0.472 e. The molecule has 0 saturated carbocycles. The number of thioether (sulfide) groups is 1. The highest BCUT2D eigenvalue weighted by Gasteiger charge is 2.07. The maximum absolute atomic E-state index is 11.7. The molecule has 0 bridgehead atoms. The molecule has 1 heterocycles. The van der Waals surface area contributed by atoms with Crippen molar-refractivity contribution in [1.29, 1.82) is 0 Å². The average Bonchev–Trinajstić information content (AvgIpc) is 2.81. The summed E-state index contributed by atoms with van der Waals surface area (Å²) in [6.07, 6.45) is 2.99. The SMILES string of the molecule is O=C(CSc1ccc(Br)cc1)c1ccoc1. The van der Waals surface area contributed by atoms with Gasteiger partial charge in [0.05, 0.1) is 17.6 Å². The van der Waals surface area contributed by atoms with Crippen molar-refractivity contribution in [3.63, 3.8) is 0 Å². The van der Waals surface area contributed by atoms with Crippen LogP contribution in [0.4, 0.5) is 0 Å². The van der Waals surface area contributed by atoms with Crippen molar-refractivity contribution in [1.82, 2.24) is 0 Å². The Morgan fingerprint density at radius 2 is 2.00 bits per heavy atom. The van der Waals surface area contributed by atoms with E-state index in [4.69, 9.17) is 4.42 Å². The molecule has 0 aliphatic rings. The smallest absolute Gasteiger partial charge is 0.176 e. The van der Waals surface area contributed by atoms with Gasteiger partial charge in [0.15, 0.2) is 5.78 Å². The number of hydrogen-bond acceptors (Lipinski definition) is 3. The van der Waals surface area contributed by atoms with Gasteiger partial charge in [0.2, 0.25) is 0 Å². The molecule has 0 saturated heterocycles. The fraction of sp³-hybridized carbons (Fsp3) is 0.0833. The number of benzene rings is 1. The third kappa shape index (κ3) is 3.00. The largest absolute Gasteiger partial charge is 0.472 e. The highest BCUT2D eigenvalue weighted by Crippen LogP contribution is 2.21. The van der Waals surface area contributed by atoms with Crippen LogP contribution in [0.2, 0.25) is 0 Å². The Balaban J connectivity index is 1.93. The summed E-state index contributed by atoms with van der Waals surface area (Å²) in [6, 6.07) is 9.58. The predicted octanol–water partition coefficient (Wildman–Crippen LogP) is 4.02.